The van der Waals surface area contributed by atoms with Crippen LogP contribution in [0.1, 0.15) is 12.5 Å². The number of aromatic nitrogens is 2. The van der Waals surface area contributed by atoms with Crippen LogP contribution in [0, 0.1) is 0 Å². The van der Waals surface area contributed by atoms with Gasteiger partial charge in [0.1, 0.15) is 0 Å². The summed E-state index contributed by atoms with van der Waals surface area (Å²) in [6.07, 6.45) is 4.19. The van der Waals surface area contributed by atoms with Crippen molar-refractivity contribution >= 4 is 35.9 Å². The number of aliphatic imine (C=N–C) groups is 1. The Labute approximate surface area is 189 Å². The molecule has 1 aromatic heterocycles. The Morgan fingerprint density at radius 1 is 1.17 bits per heavy atom. The van der Waals surface area contributed by atoms with Crippen molar-refractivity contribution < 1.29 is 9.84 Å². The topological polar surface area (TPSA) is 86.1 Å². The number of hydrogen-bond acceptors (Lipinski definition) is 6. The Hall–Kier alpha value is -2.30. The smallest absolute Gasteiger partial charge is 0.225 e. The lowest BCUT2D eigenvalue weighted by molar-refractivity contribution is 0.368. The number of anilines is 1. The van der Waals surface area contributed by atoms with Crippen LogP contribution in [0.5, 0.6) is 11.5 Å². The number of aromatic hydroxyl groups is 1. The Balaban J connectivity index is 0.00000300. The first-order chi connectivity index (χ1) is 13.7. The van der Waals surface area contributed by atoms with Crippen LogP contribution in [0.3, 0.4) is 0 Å². The number of benzene rings is 1. The molecule has 3 rings (SSSR count). The lowest BCUT2D eigenvalue weighted by Gasteiger charge is -2.36. The van der Waals surface area contributed by atoms with E-state index < -0.39 is 0 Å². The minimum atomic E-state index is 0. The molecule has 0 bridgehead atoms. The van der Waals surface area contributed by atoms with Gasteiger partial charge in [-0.25, -0.2) is 9.97 Å². The van der Waals surface area contributed by atoms with E-state index in [1.165, 1.54) is 0 Å². The molecule has 29 heavy (non-hydrogen) atoms. The number of rotatable bonds is 6. The number of para-hydroxylation sites is 1. The molecular formula is C20H29IN6O2. The van der Waals surface area contributed by atoms with Gasteiger partial charge in [-0.05, 0) is 31.0 Å². The molecule has 8 nitrogen and oxygen atoms in total. The van der Waals surface area contributed by atoms with Crippen molar-refractivity contribution in [3.05, 3.63) is 42.2 Å². The zero-order valence-electron chi connectivity index (χ0n) is 16.9. The molecule has 9 heteroatoms. The van der Waals surface area contributed by atoms with Crippen molar-refractivity contribution in [2.24, 2.45) is 4.99 Å². The van der Waals surface area contributed by atoms with Crippen LogP contribution in [0.25, 0.3) is 0 Å². The van der Waals surface area contributed by atoms with Crippen molar-refractivity contribution in [3.63, 3.8) is 0 Å². The normalized spacial score (nSPS) is 14.3. The van der Waals surface area contributed by atoms with Crippen molar-refractivity contribution in [3.8, 4) is 11.5 Å². The van der Waals surface area contributed by atoms with Crippen LogP contribution in [0.2, 0.25) is 0 Å². The minimum Gasteiger partial charge on any atom is -0.504 e. The Bertz CT molecular complexity index is 782. The molecule has 0 unspecified atom stereocenters. The third-order valence-electron chi connectivity index (χ3n) is 4.69. The second kappa shape index (κ2) is 11.6. The first kappa shape index (κ1) is 23.0. The summed E-state index contributed by atoms with van der Waals surface area (Å²) in [5.41, 5.74) is 0.838. The molecule has 0 amide bonds. The van der Waals surface area contributed by atoms with Gasteiger partial charge in [0.05, 0.1) is 7.11 Å². The molecule has 2 heterocycles. The van der Waals surface area contributed by atoms with E-state index in [9.17, 15) is 5.11 Å². The molecular weight excluding hydrogens is 483 g/mol. The average molecular weight is 512 g/mol. The summed E-state index contributed by atoms with van der Waals surface area (Å²) in [5, 5.41) is 13.6. The van der Waals surface area contributed by atoms with Crippen molar-refractivity contribution in [1.82, 2.24) is 20.2 Å². The molecule has 158 valence electrons. The number of methoxy groups -OCH3 is 1. The summed E-state index contributed by atoms with van der Waals surface area (Å²) in [7, 11) is 1.56. The van der Waals surface area contributed by atoms with Gasteiger partial charge < -0.3 is 25.0 Å². The van der Waals surface area contributed by atoms with Crippen LogP contribution in [0.4, 0.5) is 5.95 Å². The van der Waals surface area contributed by atoms with Crippen LogP contribution < -0.4 is 15.0 Å². The molecule has 1 aliphatic heterocycles. The predicted molar refractivity (Wildman–Crippen MR) is 126 cm³/mol. The Kier molecular flexibility index (Phi) is 9.23. The monoisotopic (exact) mass is 512 g/mol. The van der Waals surface area contributed by atoms with Crippen LogP contribution in [0.15, 0.2) is 41.7 Å². The summed E-state index contributed by atoms with van der Waals surface area (Å²) < 4.78 is 5.17. The van der Waals surface area contributed by atoms with Gasteiger partial charge in [0.2, 0.25) is 5.95 Å². The van der Waals surface area contributed by atoms with Crippen LogP contribution >= 0.6 is 24.0 Å². The molecule has 1 aromatic carbocycles. The largest absolute Gasteiger partial charge is 0.504 e. The maximum atomic E-state index is 10.2. The number of piperazine rings is 1. The van der Waals surface area contributed by atoms with E-state index in [0.29, 0.717) is 18.7 Å². The highest BCUT2D eigenvalue weighted by Crippen LogP contribution is 2.29. The number of hydrogen-bond donors (Lipinski definition) is 2. The van der Waals surface area contributed by atoms with Gasteiger partial charge in [-0.3, -0.25) is 4.99 Å². The molecule has 1 saturated heterocycles. The molecule has 0 spiro atoms. The van der Waals surface area contributed by atoms with Gasteiger partial charge in [0, 0.05) is 51.7 Å². The summed E-state index contributed by atoms with van der Waals surface area (Å²) in [6, 6.07) is 7.37. The highest BCUT2D eigenvalue weighted by atomic mass is 127. The van der Waals surface area contributed by atoms with E-state index in [1.54, 1.807) is 25.6 Å². The third kappa shape index (κ3) is 6.09. The second-order valence-electron chi connectivity index (χ2n) is 6.48. The van der Waals surface area contributed by atoms with Crippen LogP contribution in [-0.2, 0) is 6.42 Å². The highest BCUT2D eigenvalue weighted by Gasteiger charge is 2.21. The third-order valence-corrected chi connectivity index (χ3v) is 4.69. The van der Waals surface area contributed by atoms with Crippen molar-refractivity contribution in [2.45, 2.75) is 13.3 Å². The Morgan fingerprint density at radius 2 is 1.90 bits per heavy atom. The molecule has 1 aliphatic rings. The molecule has 2 aromatic rings. The number of nitrogens with zero attached hydrogens (tertiary/aromatic N) is 5. The van der Waals surface area contributed by atoms with Gasteiger partial charge in [0.25, 0.3) is 0 Å². The summed E-state index contributed by atoms with van der Waals surface area (Å²) in [6.45, 7) is 6.88. The van der Waals surface area contributed by atoms with E-state index >= 15 is 0 Å². The summed E-state index contributed by atoms with van der Waals surface area (Å²) in [5.74, 6) is 2.37. The van der Waals surface area contributed by atoms with Crippen LogP contribution in [-0.4, -0.2) is 72.3 Å². The maximum Gasteiger partial charge on any atom is 0.225 e. The zero-order chi connectivity index (χ0) is 19.8. The number of phenols is 1. The lowest BCUT2D eigenvalue weighted by atomic mass is 10.1. The van der Waals surface area contributed by atoms with Crippen molar-refractivity contribution in [1.29, 1.82) is 0 Å². The minimum absolute atomic E-state index is 0. The molecule has 1 fully saturated rings. The number of halogens is 1. The van der Waals surface area contributed by atoms with E-state index in [2.05, 4.69) is 32.0 Å². The summed E-state index contributed by atoms with van der Waals surface area (Å²) >= 11 is 0. The fourth-order valence-electron chi connectivity index (χ4n) is 3.22. The molecule has 0 atom stereocenters. The van der Waals surface area contributed by atoms with Gasteiger partial charge in [-0.15, -0.1) is 24.0 Å². The molecule has 0 saturated carbocycles. The highest BCUT2D eigenvalue weighted by molar-refractivity contribution is 14.0. The van der Waals surface area contributed by atoms with Gasteiger partial charge in [-0.1, -0.05) is 12.1 Å². The van der Waals surface area contributed by atoms with E-state index in [0.717, 1.165) is 50.2 Å². The van der Waals surface area contributed by atoms with Gasteiger partial charge in [-0.2, -0.15) is 0 Å². The maximum absolute atomic E-state index is 10.2. The molecule has 2 N–H and O–H groups in total. The van der Waals surface area contributed by atoms with E-state index in [-0.39, 0.29) is 29.7 Å². The first-order valence-electron chi connectivity index (χ1n) is 9.63. The number of ether oxygens (including phenoxy) is 1. The molecule has 0 radical (unpaired) electrons. The lowest BCUT2D eigenvalue weighted by Crippen LogP contribution is -2.53. The first-order valence-corrected chi connectivity index (χ1v) is 9.63. The summed E-state index contributed by atoms with van der Waals surface area (Å²) in [4.78, 5) is 17.9. The predicted octanol–water partition coefficient (Wildman–Crippen LogP) is 2.14. The second-order valence-corrected chi connectivity index (χ2v) is 6.48. The zero-order valence-corrected chi connectivity index (χ0v) is 19.2. The SMILES string of the molecule is CCNC(=NCCc1cccc(OC)c1O)N1CCN(c2ncccn2)CC1.I. The van der Waals surface area contributed by atoms with E-state index in [4.69, 9.17) is 9.73 Å². The number of nitrogens with one attached hydrogen (secondary N) is 1. The van der Waals surface area contributed by atoms with Crippen molar-refractivity contribution in [2.75, 3.05) is 51.3 Å². The van der Waals surface area contributed by atoms with E-state index in [1.807, 2.05) is 18.2 Å². The average Bonchev–Trinajstić information content (AvgIpc) is 2.75. The molecule has 0 aliphatic carbocycles. The fourth-order valence-corrected chi connectivity index (χ4v) is 3.22. The standard InChI is InChI=1S/C20H28N6O2.HI/c1-3-21-19(24-11-8-16-6-4-7-17(28-2)18(16)27)25-12-14-26(15-13-25)20-22-9-5-10-23-20;/h4-7,9-10,27H,3,8,11-15H2,1-2H3,(H,21,24);1H. The van der Waals surface area contributed by atoms with Gasteiger partial charge >= 0.3 is 0 Å². The quantitative estimate of drug-likeness (QED) is 0.349. The number of guanidine groups is 1. The number of phenolic OH excluding ortho intramolecular Hbond substituents is 1. The van der Waals surface area contributed by atoms with Gasteiger partial charge in [0.15, 0.2) is 17.5 Å². The fraction of sp³-hybridized carbons (Fsp3) is 0.450. The Morgan fingerprint density at radius 3 is 2.55 bits per heavy atom.